The van der Waals surface area contributed by atoms with Crippen molar-refractivity contribution in [1.82, 2.24) is 9.55 Å². The fourth-order valence-electron chi connectivity index (χ4n) is 3.30. The lowest BCUT2D eigenvalue weighted by molar-refractivity contribution is 0.234. The van der Waals surface area contributed by atoms with Gasteiger partial charge in [-0.25, -0.2) is 17.6 Å². The third-order valence-corrected chi connectivity index (χ3v) is 4.93. The predicted octanol–water partition coefficient (Wildman–Crippen LogP) is 4.14. The number of hydrogen-bond donors (Lipinski definition) is 1. The number of aromatic nitrogens is 2. The number of methoxy groups -OCH3 is 1. The highest BCUT2D eigenvalue weighted by molar-refractivity contribution is 6.00. The maximum Gasteiger partial charge on any atom is 0.280 e. The van der Waals surface area contributed by atoms with Gasteiger partial charge in [-0.3, -0.25) is 9.79 Å². The molecule has 2 heterocycles. The molecule has 2 aromatic rings. The van der Waals surface area contributed by atoms with E-state index in [9.17, 15) is 22.4 Å². The highest BCUT2D eigenvalue weighted by Gasteiger charge is 2.24. The predicted molar refractivity (Wildman–Crippen MR) is 123 cm³/mol. The molecule has 6 nitrogen and oxygen atoms in total. The maximum atomic E-state index is 13.8. The first-order chi connectivity index (χ1) is 16.3. The molecule has 0 fully saturated rings. The largest absolute Gasteiger partial charge is 0.381 e. The molecule has 3 rings (SSSR count). The van der Waals surface area contributed by atoms with Crippen molar-refractivity contribution < 1.29 is 22.3 Å². The van der Waals surface area contributed by atoms with Crippen molar-refractivity contribution in [3.63, 3.8) is 0 Å². The summed E-state index contributed by atoms with van der Waals surface area (Å²) in [5, 5.41) is 2.94. The van der Waals surface area contributed by atoms with Gasteiger partial charge in [0.05, 0.1) is 36.7 Å². The molecule has 1 N–H and O–H groups in total. The molecule has 34 heavy (non-hydrogen) atoms. The average Bonchev–Trinajstić information content (AvgIpc) is 3.22. The molecule has 1 aliphatic rings. The van der Waals surface area contributed by atoms with Gasteiger partial charge in [-0.05, 0) is 43.2 Å². The standard InChI is InChI=1S/C22H22F4N4O2.C2H2/c1-12(9-23)18(5-4-6-32-3)28-22-29-21(31)15-10-27-13(2)20(15)30(22)11-14-7-16(24)19(26)17(25)8-14;1-2/h4-5,7-8H,6,9-11H2,1-3H3,(H,28,29,31);1-2H/b5-4-,18-12+;. The molecule has 0 aliphatic carbocycles. The van der Waals surface area contributed by atoms with Gasteiger partial charge in [0, 0.05) is 12.8 Å². The minimum absolute atomic E-state index is 0.0280. The fraction of sp³-hybridized carbons (Fsp3) is 0.292. The summed E-state index contributed by atoms with van der Waals surface area (Å²) in [4.78, 5) is 20.9. The molecule has 0 radical (unpaired) electrons. The lowest BCUT2D eigenvalue weighted by Gasteiger charge is -2.20. The summed E-state index contributed by atoms with van der Waals surface area (Å²) >= 11 is 0. The Morgan fingerprint density at radius 3 is 2.50 bits per heavy atom. The molecule has 1 aromatic heterocycles. The molecule has 0 bridgehead atoms. The first-order valence-corrected chi connectivity index (χ1v) is 10.1. The van der Waals surface area contributed by atoms with Crippen LogP contribution in [0.3, 0.4) is 0 Å². The number of alkyl halides is 1. The van der Waals surface area contributed by atoms with E-state index in [0.717, 1.165) is 12.1 Å². The number of rotatable bonds is 8. The lowest BCUT2D eigenvalue weighted by Crippen LogP contribution is -2.26. The molecular weight excluding hydrogens is 452 g/mol. The quantitative estimate of drug-likeness (QED) is 0.269. The zero-order valence-corrected chi connectivity index (χ0v) is 19.0. The Labute approximate surface area is 194 Å². The molecule has 180 valence electrons. The van der Waals surface area contributed by atoms with Gasteiger partial charge in [0.25, 0.3) is 5.56 Å². The smallest absolute Gasteiger partial charge is 0.280 e. The second-order valence-electron chi connectivity index (χ2n) is 7.24. The number of hydrogen-bond acceptors (Lipinski definition) is 5. The summed E-state index contributed by atoms with van der Waals surface area (Å²) in [6.07, 6.45) is 11.2. The van der Waals surface area contributed by atoms with E-state index in [4.69, 9.17) is 4.74 Å². The van der Waals surface area contributed by atoms with Crippen LogP contribution < -0.4 is 10.9 Å². The van der Waals surface area contributed by atoms with Gasteiger partial charge < -0.3 is 14.6 Å². The summed E-state index contributed by atoms with van der Waals surface area (Å²) in [6.45, 7) is 2.76. The van der Waals surface area contributed by atoms with Crippen molar-refractivity contribution in [3.05, 3.63) is 80.2 Å². The van der Waals surface area contributed by atoms with Crippen molar-refractivity contribution in [2.45, 2.75) is 26.9 Å². The third kappa shape index (κ3) is 5.80. The molecule has 0 spiro atoms. The van der Waals surface area contributed by atoms with E-state index in [2.05, 4.69) is 28.1 Å². The van der Waals surface area contributed by atoms with E-state index >= 15 is 0 Å². The van der Waals surface area contributed by atoms with Gasteiger partial charge in [-0.1, -0.05) is 6.08 Å². The van der Waals surface area contributed by atoms with E-state index in [1.807, 2.05) is 0 Å². The zero-order chi connectivity index (χ0) is 25.4. The van der Waals surface area contributed by atoms with Crippen LogP contribution in [0.25, 0.3) is 0 Å². The van der Waals surface area contributed by atoms with Crippen LogP contribution in [0.4, 0.5) is 23.5 Å². The lowest BCUT2D eigenvalue weighted by atomic mass is 10.1. The highest BCUT2D eigenvalue weighted by Crippen LogP contribution is 2.23. The van der Waals surface area contributed by atoms with Crippen LogP contribution in [0, 0.1) is 30.3 Å². The van der Waals surface area contributed by atoms with Crippen molar-refractivity contribution in [2.24, 2.45) is 4.99 Å². The Hall–Kier alpha value is -3.71. The first kappa shape index (κ1) is 26.5. The monoisotopic (exact) mass is 476 g/mol. The number of nitrogens with zero attached hydrogens (tertiary/aromatic N) is 3. The summed E-state index contributed by atoms with van der Waals surface area (Å²) in [5.41, 5.74) is 1.58. The van der Waals surface area contributed by atoms with Gasteiger partial charge >= 0.3 is 0 Å². The van der Waals surface area contributed by atoms with Crippen LogP contribution in [0.2, 0.25) is 0 Å². The van der Waals surface area contributed by atoms with Gasteiger partial charge in [-0.15, -0.1) is 12.8 Å². The number of anilines is 1. The number of halogens is 4. The number of aliphatic imine (C=N–C) groups is 1. The second kappa shape index (κ2) is 12.0. The Morgan fingerprint density at radius 2 is 1.91 bits per heavy atom. The second-order valence-corrected chi connectivity index (χ2v) is 7.24. The topological polar surface area (TPSA) is 68.5 Å². The van der Waals surface area contributed by atoms with Crippen LogP contribution in [0.5, 0.6) is 0 Å². The molecule has 0 saturated carbocycles. The fourth-order valence-corrected chi connectivity index (χ4v) is 3.30. The van der Waals surface area contributed by atoms with Crippen LogP contribution >= 0.6 is 0 Å². The summed E-state index contributed by atoms with van der Waals surface area (Å²) in [6, 6.07) is 1.74. The molecule has 1 aromatic carbocycles. The van der Waals surface area contributed by atoms with Crippen LogP contribution in [-0.2, 0) is 17.8 Å². The van der Waals surface area contributed by atoms with Crippen LogP contribution in [0.1, 0.15) is 30.7 Å². The highest BCUT2D eigenvalue weighted by atomic mass is 19.2. The van der Waals surface area contributed by atoms with Crippen molar-refractivity contribution in [3.8, 4) is 12.8 Å². The number of ether oxygens (including phenoxy) is 1. The summed E-state index contributed by atoms with van der Waals surface area (Å²) < 4.78 is 60.9. The van der Waals surface area contributed by atoms with E-state index in [1.54, 1.807) is 26.0 Å². The third-order valence-electron chi connectivity index (χ3n) is 4.93. The summed E-state index contributed by atoms with van der Waals surface area (Å²) in [7, 11) is 1.51. The number of nitrogens with one attached hydrogen (secondary N) is 1. The molecule has 10 heteroatoms. The maximum absolute atomic E-state index is 13.8. The van der Waals surface area contributed by atoms with Crippen LogP contribution in [0.15, 0.2) is 45.3 Å². The Bertz CT molecular complexity index is 1210. The van der Waals surface area contributed by atoms with Gasteiger partial charge in [0.15, 0.2) is 17.5 Å². The molecule has 0 unspecified atom stereocenters. The SMILES string of the molecule is C#C.COC/C=C\C(Nc1nc(=O)c2c(n1Cc1cc(F)c(F)c(F)c1)C(C)=NC2)=C(\C)CF. The van der Waals surface area contributed by atoms with Crippen molar-refractivity contribution >= 4 is 11.7 Å². The minimum atomic E-state index is -1.57. The number of fused-ring (bicyclic) bond motifs is 1. The Balaban J connectivity index is 0.00000199. The Kier molecular flexibility index (Phi) is 9.33. The zero-order valence-electron chi connectivity index (χ0n) is 19.0. The van der Waals surface area contributed by atoms with Crippen molar-refractivity contribution in [2.75, 3.05) is 25.7 Å². The molecule has 1 aliphatic heterocycles. The van der Waals surface area contributed by atoms with Gasteiger partial charge in [-0.2, -0.15) is 4.98 Å². The van der Waals surface area contributed by atoms with Crippen molar-refractivity contribution in [1.29, 1.82) is 0 Å². The number of allylic oxidation sites excluding steroid dienone is 2. The first-order valence-electron chi connectivity index (χ1n) is 10.1. The normalized spacial score (nSPS) is 13.1. The average molecular weight is 476 g/mol. The number of terminal acetylenes is 1. The van der Waals surface area contributed by atoms with E-state index < -0.39 is 29.7 Å². The van der Waals surface area contributed by atoms with E-state index in [1.165, 1.54) is 11.7 Å². The minimum Gasteiger partial charge on any atom is -0.381 e. The molecule has 0 saturated heterocycles. The molecule has 0 amide bonds. The Morgan fingerprint density at radius 1 is 1.26 bits per heavy atom. The number of benzene rings is 1. The summed E-state index contributed by atoms with van der Waals surface area (Å²) in [5.74, 6) is -4.20. The van der Waals surface area contributed by atoms with Gasteiger partial charge in [0.2, 0.25) is 5.95 Å². The van der Waals surface area contributed by atoms with Crippen LogP contribution in [-0.4, -0.2) is 35.7 Å². The van der Waals surface area contributed by atoms with E-state index in [-0.39, 0.29) is 31.2 Å². The van der Waals surface area contributed by atoms with Gasteiger partial charge in [0.1, 0.15) is 6.67 Å². The molecular formula is C24H24F4N4O2. The van der Waals surface area contributed by atoms with E-state index in [0.29, 0.717) is 28.2 Å². The molecule has 0 atom stereocenters.